The van der Waals surface area contributed by atoms with Crippen molar-refractivity contribution in [1.29, 1.82) is 0 Å². The third kappa shape index (κ3) is 3.91. The normalized spacial score (nSPS) is 19.0. The molecule has 2 aliphatic heterocycles. The van der Waals surface area contributed by atoms with Crippen LogP contribution < -0.4 is 5.32 Å². The monoisotopic (exact) mass is 394 g/mol. The first-order chi connectivity index (χ1) is 14.0. The summed E-state index contributed by atoms with van der Waals surface area (Å²) in [5.41, 5.74) is 1.55. The van der Waals surface area contributed by atoms with Crippen LogP contribution in [0.15, 0.2) is 42.6 Å². The molecule has 2 aromatic rings. The third-order valence-corrected chi connectivity index (χ3v) is 5.32. The van der Waals surface area contributed by atoms with Gasteiger partial charge in [-0.05, 0) is 24.5 Å². The van der Waals surface area contributed by atoms with Gasteiger partial charge in [0.15, 0.2) is 5.78 Å². The average Bonchev–Trinajstić information content (AvgIpc) is 3.47. The van der Waals surface area contributed by atoms with Gasteiger partial charge in [-0.2, -0.15) is 0 Å². The molecule has 1 aromatic carbocycles. The van der Waals surface area contributed by atoms with E-state index >= 15 is 0 Å². The zero-order valence-corrected chi connectivity index (χ0v) is 15.9. The van der Waals surface area contributed by atoms with E-state index in [1.54, 1.807) is 4.90 Å². The molecule has 2 aliphatic rings. The number of H-pyrrole nitrogens is 1. The molecule has 2 saturated heterocycles. The van der Waals surface area contributed by atoms with Gasteiger partial charge in [-0.3, -0.25) is 19.3 Å². The minimum absolute atomic E-state index is 0.139. The molecule has 0 aliphatic carbocycles. The van der Waals surface area contributed by atoms with E-state index in [9.17, 15) is 19.2 Å². The second-order valence-electron chi connectivity index (χ2n) is 7.34. The van der Waals surface area contributed by atoms with Crippen molar-refractivity contribution >= 4 is 23.6 Å². The van der Waals surface area contributed by atoms with Crippen LogP contribution in [0.1, 0.15) is 39.3 Å². The van der Waals surface area contributed by atoms with E-state index in [2.05, 4.69) is 10.3 Å². The zero-order valence-electron chi connectivity index (χ0n) is 15.9. The molecular weight excluding hydrogens is 372 g/mol. The van der Waals surface area contributed by atoms with Gasteiger partial charge < -0.3 is 15.2 Å². The molecule has 2 N–H and O–H groups in total. The predicted octanol–water partition coefficient (Wildman–Crippen LogP) is 1.60. The summed E-state index contributed by atoms with van der Waals surface area (Å²) >= 11 is 0. The number of aromatic nitrogens is 1. The number of ketones is 1. The number of benzene rings is 1. The Bertz CT molecular complexity index is 947. The van der Waals surface area contributed by atoms with Gasteiger partial charge in [-0.15, -0.1) is 0 Å². The van der Waals surface area contributed by atoms with Crippen molar-refractivity contribution in [1.82, 2.24) is 20.1 Å². The van der Waals surface area contributed by atoms with Gasteiger partial charge in [0, 0.05) is 31.3 Å². The number of hydrogen-bond acceptors (Lipinski definition) is 4. The minimum atomic E-state index is -0.684. The molecular formula is C21H22N4O4. The van der Waals surface area contributed by atoms with Crippen LogP contribution in [-0.2, 0) is 11.2 Å². The molecule has 8 heteroatoms. The average molecular weight is 394 g/mol. The Morgan fingerprint density at radius 1 is 1.07 bits per heavy atom. The summed E-state index contributed by atoms with van der Waals surface area (Å²) in [6.45, 7) is 1.07. The van der Waals surface area contributed by atoms with Crippen molar-refractivity contribution in [2.24, 2.45) is 0 Å². The fourth-order valence-corrected chi connectivity index (χ4v) is 3.72. The molecule has 29 heavy (non-hydrogen) atoms. The van der Waals surface area contributed by atoms with E-state index in [1.165, 1.54) is 12.3 Å². The van der Waals surface area contributed by atoms with Crippen molar-refractivity contribution in [3.8, 4) is 0 Å². The van der Waals surface area contributed by atoms with Crippen molar-refractivity contribution in [3.05, 3.63) is 59.4 Å². The third-order valence-electron chi connectivity index (χ3n) is 5.32. The van der Waals surface area contributed by atoms with Crippen molar-refractivity contribution in [3.63, 3.8) is 0 Å². The Labute approximate surface area is 167 Å². The summed E-state index contributed by atoms with van der Waals surface area (Å²) < 4.78 is 0. The van der Waals surface area contributed by atoms with Gasteiger partial charge in [-0.1, -0.05) is 30.3 Å². The highest BCUT2D eigenvalue weighted by atomic mass is 16.2. The number of urea groups is 1. The maximum Gasteiger partial charge on any atom is 0.325 e. The predicted molar refractivity (Wildman–Crippen MR) is 104 cm³/mol. The van der Waals surface area contributed by atoms with Gasteiger partial charge >= 0.3 is 6.03 Å². The van der Waals surface area contributed by atoms with E-state index in [0.717, 1.165) is 23.3 Å². The maximum atomic E-state index is 12.6. The highest BCUT2D eigenvalue weighted by Crippen LogP contribution is 2.16. The maximum absolute atomic E-state index is 12.6. The SMILES string of the molecule is O=C(CN1C(=O)NC(Cc2ccccc2)C1=O)c1c[nH]c(C(=O)N2CCCC2)c1. The van der Waals surface area contributed by atoms with Gasteiger partial charge in [0.05, 0.1) is 6.54 Å². The highest BCUT2D eigenvalue weighted by Gasteiger charge is 2.39. The number of Topliss-reactive ketones (excluding diaryl/α,β-unsaturated/α-hetero) is 1. The van der Waals surface area contributed by atoms with Crippen LogP contribution in [0.25, 0.3) is 0 Å². The summed E-state index contributed by atoms with van der Waals surface area (Å²) in [5.74, 6) is -0.957. The quantitative estimate of drug-likeness (QED) is 0.574. The fourth-order valence-electron chi connectivity index (χ4n) is 3.72. The molecule has 3 heterocycles. The Balaban J connectivity index is 1.40. The van der Waals surface area contributed by atoms with Gasteiger partial charge in [-0.25, -0.2) is 4.79 Å². The lowest BCUT2D eigenvalue weighted by Gasteiger charge is -2.13. The summed E-state index contributed by atoms with van der Waals surface area (Å²) in [4.78, 5) is 55.3. The second kappa shape index (κ2) is 7.90. The molecule has 0 saturated carbocycles. The Morgan fingerprint density at radius 3 is 2.52 bits per heavy atom. The van der Waals surface area contributed by atoms with Crippen molar-refractivity contribution < 1.29 is 19.2 Å². The molecule has 1 atom stereocenters. The number of carbonyl (C=O) groups is 4. The van der Waals surface area contributed by atoms with E-state index < -0.39 is 23.8 Å². The molecule has 0 bridgehead atoms. The lowest BCUT2D eigenvalue weighted by molar-refractivity contribution is -0.127. The number of imide groups is 1. The zero-order chi connectivity index (χ0) is 20.4. The Morgan fingerprint density at radius 2 is 1.79 bits per heavy atom. The number of nitrogens with zero attached hydrogens (tertiary/aromatic N) is 2. The molecule has 4 rings (SSSR count). The smallest absolute Gasteiger partial charge is 0.325 e. The fraction of sp³-hybridized carbons (Fsp3) is 0.333. The number of amides is 4. The first-order valence-corrected chi connectivity index (χ1v) is 9.69. The first kappa shape index (κ1) is 18.9. The lowest BCUT2D eigenvalue weighted by atomic mass is 10.1. The topological polar surface area (TPSA) is 103 Å². The summed E-state index contributed by atoms with van der Waals surface area (Å²) in [6.07, 6.45) is 3.78. The van der Waals surface area contributed by atoms with Crippen LogP contribution in [0.5, 0.6) is 0 Å². The molecule has 150 valence electrons. The number of hydrogen-bond donors (Lipinski definition) is 2. The van der Waals surface area contributed by atoms with Crippen molar-refractivity contribution in [2.75, 3.05) is 19.6 Å². The number of nitrogens with one attached hydrogen (secondary N) is 2. The summed E-state index contributed by atoms with van der Waals surface area (Å²) in [5, 5.41) is 2.64. The Kier molecular flexibility index (Phi) is 5.16. The number of carbonyl (C=O) groups excluding carboxylic acids is 4. The second-order valence-corrected chi connectivity index (χ2v) is 7.34. The molecule has 1 aromatic heterocycles. The van der Waals surface area contributed by atoms with Crippen LogP contribution in [0.2, 0.25) is 0 Å². The van der Waals surface area contributed by atoms with Crippen LogP contribution in [-0.4, -0.2) is 64.1 Å². The molecule has 0 radical (unpaired) electrons. The van der Waals surface area contributed by atoms with E-state index in [4.69, 9.17) is 0 Å². The molecule has 0 spiro atoms. The van der Waals surface area contributed by atoms with Crippen LogP contribution >= 0.6 is 0 Å². The summed E-state index contributed by atoms with van der Waals surface area (Å²) in [7, 11) is 0. The highest BCUT2D eigenvalue weighted by molar-refractivity contribution is 6.09. The largest absolute Gasteiger partial charge is 0.356 e. The molecule has 8 nitrogen and oxygen atoms in total. The first-order valence-electron chi connectivity index (χ1n) is 9.69. The lowest BCUT2D eigenvalue weighted by Crippen LogP contribution is -2.36. The summed E-state index contributed by atoms with van der Waals surface area (Å²) in [6, 6.07) is 9.60. The van der Waals surface area contributed by atoms with E-state index in [-0.39, 0.29) is 18.0 Å². The number of aromatic amines is 1. The van der Waals surface area contributed by atoms with Crippen molar-refractivity contribution in [2.45, 2.75) is 25.3 Å². The van der Waals surface area contributed by atoms with E-state index in [0.29, 0.717) is 25.2 Å². The molecule has 1 unspecified atom stereocenters. The van der Waals surface area contributed by atoms with Crippen LogP contribution in [0, 0.1) is 0 Å². The molecule has 4 amide bonds. The van der Waals surface area contributed by atoms with Crippen LogP contribution in [0.4, 0.5) is 4.79 Å². The van der Waals surface area contributed by atoms with Gasteiger partial charge in [0.1, 0.15) is 11.7 Å². The van der Waals surface area contributed by atoms with Gasteiger partial charge in [0.2, 0.25) is 0 Å². The Hall–Kier alpha value is -3.42. The standard InChI is InChI=1S/C21H22N4O4/c26-18(15-11-16(22-12-15)19(27)24-8-4-5-9-24)13-25-20(28)17(23-21(25)29)10-14-6-2-1-3-7-14/h1-3,6-7,11-12,17,22H,4-5,8-10,13H2,(H,23,29). The number of likely N-dealkylation sites (tertiary alicyclic amines) is 1. The molecule has 2 fully saturated rings. The minimum Gasteiger partial charge on any atom is -0.356 e. The van der Waals surface area contributed by atoms with E-state index in [1.807, 2.05) is 30.3 Å². The number of rotatable bonds is 6. The van der Waals surface area contributed by atoms with Gasteiger partial charge in [0.25, 0.3) is 11.8 Å². The van der Waals surface area contributed by atoms with Crippen LogP contribution in [0.3, 0.4) is 0 Å².